The van der Waals surface area contributed by atoms with E-state index in [0.29, 0.717) is 41.0 Å². The first kappa shape index (κ1) is 25.5. The van der Waals surface area contributed by atoms with E-state index < -0.39 is 16.2 Å². The Balaban J connectivity index is 0.00000176. The van der Waals surface area contributed by atoms with Gasteiger partial charge in [-0.2, -0.15) is 0 Å². The van der Waals surface area contributed by atoms with Gasteiger partial charge in [0.25, 0.3) is 0 Å². The maximum Gasteiger partial charge on any atom is 0.162 e. The normalized spacial score (nSPS) is 11.8. The molecule has 32 heavy (non-hydrogen) atoms. The molecule has 5 nitrogen and oxygen atoms in total. The molecule has 1 aromatic carbocycles. The van der Waals surface area contributed by atoms with Crippen LogP contribution in [-0.2, 0) is 25.8 Å². The Morgan fingerprint density at radius 3 is 2.47 bits per heavy atom. The Labute approximate surface area is 190 Å². The number of carbonyl (C=O) groups excluding carboxylic acids is 2. The van der Waals surface area contributed by atoms with E-state index in [-0.39, 0.29) is 23.6 Å². The quantitative estimate of drug-likeness (QED) is 0.275. The number of aryl methyl sites for hydroxylation is 2. The van der Waals surface area contributed by atoms with Gasteiger partial charge in [-0.1, -0.05) is 20.8 Å². The Hall–Kier alpha value is -2.80. The molecular formula is C25H30FN2O3S-. The number of carbonyl (C=O) groups is 2. The van der Waals surface area contributed by atoms with Crippen LogP contribution in [0.25, 0.3) is 16.9 Å². The number of benzene rings is 1. The second kappa shape index (κ2) is 11.2. The van der Waals surface area contributed by atoms with Gasteiger partial charge in [-0.05, 0) is 55.7 Å². The van der Waals surface area contributed by atoms with E-state index in [1.165, 1.54) is 12.3 Å². The van der Waals surface area contributed by atoms with Crippen molar-refractivity contribution in [3.05, 3.63) is 58.7 Å². The Morgan fingerprint density at radius 2 is 1.88 bits per heavy atom. The molecule has 0 saturated carbocycles. The van der Waals surface area contributed by atoms with Crippen LogP contribution < -0.4 is 0 Å². The Kier molecular flexibility index (Phi) is 8.89. The van der Waals surface area contributed by atoms with Crippen LogP contribution in [0.4, 0.5) is 4.39 Å². The van der Waals surface area contributed by atoms with Crippen molar-refractivity contribution in [2.24, 2.45) is 0 Å². The van der Waals surface area contributed by atoms with Gasteiger partial charge >= 0.3 is 0 Å². The van der Waals surface area contributed by atoms with E-state index in [1.807, 2.05) is 39.8 Å². The van der Waals surface area contributed by atoms with E-state index in [0.717, 1.165) is 10.9 Å². The van der Waals surface area contributed by atoms with E-state index in [2.05, 4.69) is 4.98 Å². The number of Topliss-reactive ketones (excluding diaryl/α,β-unsaturated/α-hetero) is 2. The number of pyridine rings is 1. The zero-order chi connectivity index (χ0) is 24.0. The summed E-state index contributed by atoms with van der Waals surface area (Å²) in [5, 5.41) is 1.15. The molecule has 0 amide bonds. The second-order valence-corrected chi connectivity index (χ2v) is 8.65. The van der Waals surface area contributed by atoms with Gasteiger partial charge in [0.1, 0.15) is 17.2 Å². The van der Waals surface area contributed by atoms with Crippen LogP contribution in [0, 0.1) is 19.7 Å². The number of halogens is 1. The summed E-state index contributed by atoms with van der Waals surface area (Å²) in [5.74, 6) is -0.981. The monoisotopic (exact) mass is 457 g/mol. The predicted molar refractivity (Wildman–Crippen MR) is 129 cm³/mol. The molecule has 0 aliphatic heterocycles. The van der Waals surface area contributed by atoms with Gasteiger partial charge in [-0.3, -0.25) is 20.0 Å². The van der Waals surface area contributed by atoms with Gasteiger partial charge < -0.3 is 8.61 Å². The van der Waals surface area contributed by atoms with E-state index >= 15 is 4.39 Å². The number of rotatable bonds is 7. The molecule has 3 rings (SSSR count). The smallest absolute Gasteiger partial charge is 0.162 e. The number of hydrogen-bond acceptors (Lipinski definition) is 5. The molecule has 0 saturated heterocycles. The summed E-state index contributed by atoms with van der Waals surface area (Å²) in [6.07, 6.45) is 4.20. The van der Waals surface area contributed by atoms with Crippen LogP contribution in [-0.4, -0.2) is 32.6 Å². The summed E-state index contributed by atoms with van der Waals surface area (Å²) in [4.78, 5) is 29.2. The van der Waals surface area contributed by atoms with Crippen LogP contribution in [0.2, 0.25) is 0 Å². The molecule has 0 spiro atoms. The minimum Gasteiger partial charge on any atom is -0.461 e. The molecule has 3 aromatic rings. The van der Waals surface area contributed by atoms with E-state index in [4.69, 9.17) is 0 Å². The highest BCUT2D eigenvalue weighted by atomic mass is 32.2. The lowest BCUT2D eigenvalue weighted by Gasteiger charge is -2.11. The molecule has 0 bridgehead atoms. The molecule has 2 aromatic heterocycles. The fraction of sp³-hybridized carbons (Fsp3) is 0.360. The maximum absolute atomic E-state index is 15.2. The second-order valence-electron chi connectivity index (χ2n) is 7.42. The fourth-order valence-corrected chi connectivity index (χ4v) is 3.99. The number of fused-ring (bicyclic) bond motifs is 1. The van der Waals surface area contributed by atoms with Crippen LogP contribution in [0.5, 0.6) is 0 Å². The first-order valence-electron chi connectivity index (χ1n) is 10.7. The lowest BCUT2D eigenvalue weighted by atomic mass is 9.96. The largest absolute Gasteiger partial charge is 0.461 e. The fourth-order valence-electron chi connectivity index (χ4n) is 3.53. The molecule has 0 fully saturated rings. The average Bonchev–Trinajstić information content (AvgIpc) is 3.05. The molecule has 0 aliphatic carbocycles. The first-order chi connectivity index (χ1) is 15.2. The third kappa shape index (κ3) is 5.71. The first-order valence-corrected chi connectivity index (χ1v) is 12.3. The maximum atomic E-state index is 15.2. The van der Waals surface area contributed by atoms with Crippen molar-refractivity contribution in [3.63, 3.8) is 0 Å². The number of imidazole rings is 1. The van der Waals surface area contributed by atoms with Crippen LogP contribution in [0.1, 0.15) is 60.8 Å². The van der Waals surface area contributed by atoms with Crippen molar-refractivity contribution in [1.82, 2.24) is 9.38 Å². The molecule has 0 N–H and O–H groups in total. The van der Waals surface area contributed by atoms with Gasteiger partial charge in [-0.25, -0.2) is 9.37 Å². The van der Waals surface area contributed by atoms with Crippen molar-refractivity contribution in [2.45, 2.75) is 53.9 Å². The summed E-state index contributed by atoms with van der Waals surface area (Å²) in [7, 11) is -1.38. The summed E-state index contributed by atoms with van der Waals surface area (Å²) >= 11 is 0. The molecule has 0 radical (unpaired) electrons. The molecule has 2 heterocycles. The third-order valence-electron chi connectivity index (χ3n) is 4.84. The molecule has 7 heteroatoms. The number of nitrogens with zero attached hydrogens (tertiary/aromatic N) is 2. The van der Waals surface area contributed by atoms with E-state index in [1.54, 1.807) is 23.6 Å². The van der Waals surface area contributed by atoms with Crippen LogP contribution in [0.15, 0.2) is 30.5 Å². The van der Waals surface area contributed by atoms with Crippen LogP contribution >= 0.6 is 0 Å². The number of hydrogen-bond donors (Lipinski definition) is 0. The summed E-state index contributed by atoms with van der Waals surface area (Å²) in [5.41, 5.74) is 3.63. The summed E-state index contributed by atoms with van der Waals surface area (Å²) < 4.78 is 28.4. The van der Waals surface area contributed by atoms with Gasteiger partial charge in [-0.15, -0.1) is 11.6 Å². The predicted octanol–water partition coefficient (Wildman–Crippen LogP) is 5.27. The van der Waals surface area contributed by atoms with Crippen molar-refractivity contribution in [1.29, 1.82) is 0 Å². The Bertz CT molecular complexity index is 1210. The average molecular weight is 458 g/mol. The Morgan fingerprint density at radius 1 is 1.19 bits per heavy atom. The minimum atomic E-state index is -1.38. The lowest BCUT2D eigenvalue weighted by molar-refractivity contribution is -0.111. The van der Waals surface area contributed by atoms with Gasteiger partial charge in [0.2, 0.25) is 0 Å². The van der Waals surface area contributed by atoms with Crippen molar-refractivity contribution in [2.75, 3.05) is 6.26 Å². The van der Waals surface area contributed by atoms with Gasteiger partial charge in [0, 0.05) is 23.7 Å². The number of ketones is 2. The third-order valence-corrected chi connectivity index (χ3v) is 5.44. The SMILES string of the molecule is CC.CCCC(=O)c1cc(C)c(-c2nc3cc(C)ccn3c2CC(=O)C=[S-](C)=O)c(F)c1. The number of aromatic nitrogens is 2. The lowest BCUT2D eigenvalue weighted by Crippen LogP contribution is -2.09. The molecule has 0 unspecified atom stereocenters. The molecular weight excluding hydrogens is 427 g/mol. The molecule has 172 valence electrons. The van der Waals surface area contributed by atoms with Crippen molar-refractivity contribution < 1.29 is 18.2 Å². The highest BCUT2D eigenvalue weighted by Gasteiger charge is 2.22. The highest BCUT2D eigenvalue weighted by molar-refractivity contribution is 7.84. The molecule has 0 aliphatic rings. The summed E-state index contributed by atoms with van der Waals surface area (Å²) in [6.45, 7) is 9.56. The standard InChI is InChI=1S/C23H24FN2O3S.C2H6/c1-5-6-20(28)16-10-15(3)22(18(24)11-16)23-19(12-17(27)13-30(4)29)26-8-7-14(2)9-21(26)25-23;1-2/h7-11,13H,5-6,12H2,1-4H3;1-2H3/q-1;. The van der Waals surface area contributed by atoms with Crippen molar-refractivity contribution in [3.8, 4) is 11.3 Å². The highest BCUT2D eigenvalue weighted by Crippen LogP contribution is 2.32. The van der Waals surface area contributed by atoms with Gasteiger partial charge in [0.05, 0.1) is 17.8 Å². The van der Waals surface area contributed by atoms with Crippen molar-refractivity contribution >= 4 is 33.0 Å². The zero-order valence-electron chi connectivity index (χ0n) is 19.5. The zero-order valence-corrected chi connectivity index (χ0v) is 20.3. The topological polar surface area (TPSA) is 68.5 Å². The van der Waals surface area contributed by atoms with Crippen LogP contribution in [0.3, 0.4) is 0 Å². The van der Waals surface area contributed by atoms with E-state index in [9.17, 15) is 13.8 Å². The molecule has 0 atom stereocenters. The summed E-state index contributed by atoms with van der Waals surface area (Å²) in [6, 6.07) is 6.65. The minimum absolute atomic E-state index is 0.0610. The van der Waals surface area contributed by atoms with Gasteiger partial charge in [0.15, 0.2) is 5.78 Å².